The first-order valence-corrected chi connectivity index (χ1v) is 24.3. The summed E-state index contributed by atoms with van der Waals surface area (Å²) >= 11 is 0. The fourth-order valence-electron chi connectivity index (χ4n) is 5.45. The first-order chi connectivity index (χ1) is 31.4. The Morgan fingerprint density at radius 2 is 0.333 bits per heavy atom. The van der Waals surface area contributed by atoms with E-state index in [1.54, 1.807) is 0 Å². The minimum atomic E-state index is 0.0251. The van der Waals surface area contributed by atoms with Crippen molar-refractivity contribution < 1.29 is 80.9 Å². The van der Waals surface area contributed by atoms with Crippen molar-refractivity contribution in [3.05, 3.63) is 0 Å². The first-order valence-electron chi connectivity index (χ1n) is 24.3. The van der Waals surface area contributed by atoms with E-state index in [0.717, 1.165) is 25.9 Å². The molecule has 0 aromatic rings. The summed E-state index contributed by atoms with van der Waals surface area (Å²) in [7, 11) is 0. The van der Waals surface area contributed by atoms with Crippen LogP contribution in [0.25, 0.3) is 0 Å². The summed E-state index contributed by atoms with van der Waals surface area (Å²) in [5, 5.41) is 8.60. The molecule has 0 aromatic heterocycles. The quantitative estimate of drug-likeness (QED) is 0.0814. The summed E-state index contributed by atoms with van der Waals surface area (Å²) in [6.07, 6.45) is 15.1. The molecule has 63 heavy (non-hydrogen) atoms. The molecule has 0 rings (SSSR count). The minimum Gasteiger partial charge on any atom is -0.394 e. The molecule has 0 atom stereocenters. The second-order valence-corrected chi connectivity index (χ2v) is 14.4. The predicted octanol–water partition coefficient (Wildman–Crippen LogP) is 4.95. The van der Waals surface area contributed by atoms with Gasteiger partial charge < -0.3 is 80.9 Å². The van der Waals surface area contributed by atoms with Gasteiger partial charge in [-0.1, -0.05) is 64.7 Å². The van der Waals surface area contributed by atoms with E-state index in [1.807, 2.05) is 0 Å². The van der Waals surface area contributed by atoms with Crippen LogP contribution < -0.4 is 0 Å². The summed E-state index contributed by atoms with van der Waals surface area (Å²) < 4.78 is 88.0. The Labute approximate surface area is 382 Å². The van der Waals surface area contributed by atoms with Gasteiger partial charge in [0.15, 0.2) is 0 Å². The Kier molecular flexibility index (Phi) is 60.7. The van der Waals surface area contributed by atoms with Crippen molar-refractivity contribution in [1.29, 1.82) is 0 Å². The Hall–Kier alpha value is -0.680. The lowest BCUT2D eigenvalue weighted by Crippen LogP contribution is -2.15. The van der Waals surface area contributed by atoms with Crippen molar-refractivity contribution in [2.24, 2.45) is 0 Å². The van der Waals surface area contributed by atoms with Gasteiger partial charge in [0.2, 0.25) is 0 Å². The van der Waals surface area contributed by atoms with Crippen LogP contribution in [-0.4, -0.2) is 223 Å². The number of hydrogen-bond acceptors (Lipinski definition) is 17. The van der Waals surface area contributed by atoms with Crippen molar-refractivity contribution in [3.8, 4) is 0 Å². The Balaban J connectivity index is 3.06. The second kappa shape index (κ2) is 61.3. The lowest BCUT2D eigenvalue weighted by Gasteiger charge is -2.09. The number of hydrogen-bond donors (Lipinski definition) is 1. The normalized spacial score (nSPS) is 11.7. The van der Waals surface area contributed by atoms with Gasteiger partial charge in [-0.2, -0.15) is 0 Å². The van der Waals surface area contributed by atoms with Crippen molar-refractivity contribution >= 4 is 0 Å². The number of unbranched alkanes of at least 4 members (excludes halogenated alkanes) is 9. The molecule has 0 bridgehead atoms. The van der Waals surface area contributed by atoms with Crippen molar-refractivity contribution in [3.63, 3.8) is 0 Å². The highest BCUT2D eigenvalue weighted by molar-refractivity contribution is 4.48. The Morgan fingerprint density at radius 3 is 0.556 bits per heavy atom. The first kappa shape index (κ1) is 62.3. The molecule has 0 aliphatic carbocycles. The van der Waals surface area contributed by atoms with Crippen LogP contribution in [0.1, 0.15) is 84.0 Å². The maximum Gasteiger partial charge on any atom is 0.0701 e. The van der Waals surface area contributed by atoms with Gasteiger partial charge >= 0.3 is 0 Å². The van der Waals surface area contributed by atoms with Crippen molar-refractivity contribution in [2.45, 2.75) is 84.0 Å². The standard InChI is InChI=1S/C46H94O17/c1-2-3-4-5-6-7-8-9-10-11-15-49-21-25-53-29-33-57-38-41-61-43-45-63-46-44-62-42-39-59-35-31-55-27-23-51-19-13-17-48-16-12-18-50-22-26-54-30-34-58-37-40-60-36-32-56-28-24-52-20-14-47/h47H,2-46H2,1H3. The summed E-state index contributed by atoms with van der Waals surface area (Å²) in [5.41, 5.74) is 0. The Bertz CT molecular complexity index is 717. The lowest BCUT2D eigenvalue weighted by atomic mass is 10.1. The molecule has 0 aromatic carbocycles. The van der Waals surface area contributed by atoms with Crippen LogP contribution in [0.2, 0.25) is 0 Å². The van der Waals surface area contributed by atoms with Gasteiger partial charge in [-0.3, -0.25) is 0 Å². The average Bonchev–Trinajstić information content (AvgIpc) is 3.29. The number of rotatable bonds is 60. The predicted molar refractivity (Wildman–Crippen MR) is 241 cm³/mol. The van der Waals surface area contributed by atoms with Gasteiger partial charge in [-0.05, 0) is 19.3 Å². The van der Waals surface area contributed by atoms with Gasteiger partial charge in [0, 0.05) is 33.0 Å². The largest absolute Gasteiger partial charge is 0.394 e. The molecule has 0 fully saturated rings. The zero-order valence-electron chi connectivity index (χ0n) is 39.8. The van der Waals surface area contributed by atoms with E-state index in [-0.39, 0.29) is 6.61 Å². The third kappa shape index (κ3) is 61.3. The van der Waals surface area contributed by atoms with Gasteiger partial charge in [0.25, 0.3) is 0 Å². The van der Waals surface area contributed by atoms with E-state index >= 15 is 0 Å². The highest BCUT2D eigenvalue weighted by Crippen LogP contribution is 2.10. The van der Waals surface area contributed by atoms with E-state index in [2.05, 4.69) is 6.92 Å². The third-order valence-electron chi connectivity index (χ3n) is 8.87. The SMILES string of the molecule is CCCCCCCCCCCCOCCOCCOCCOCCOCCOCCOCCOCCOCCCOCCCOCCOCCOCCOCCOCCOCCO. The molecule has 0 radical (unpaired) electrons. The second-order valence-electron chi connectivity index (χ2n) is 14.4. The van der Waals surface area contributed by atoms with Crippen molar-refractivity contribution in [1.82, 2.24) is 0 Å². The highest BCUT2D eigenvalue weighted by atomic mass is 16.6. The van der Waals surface area contributed by atoms with Gasteiger partial charge in [0.1, 0.15) is 0 Å². The van der Waals surface area contributed by atoms with E-state index in [1.165, 1.54) is 57.8 Å². The molecule has 0 amide bonds. The molecule has 380 valence electrons. The molecule has 0 saturated carbocycles. The summed E-state index contributed by atoms with van der Waals surface area (Å²) in [4.78, 5) is 0. The molecule has 0 aliphatic heterocycles. The molecule has 0 saturated heterocycles. The average molecular weight is 919 g/mol. The summed E-state index contributed by atoms with van der Waals surface area (Å²) in [5.74, 6) is 0. The monoisotopic (exact) mass is 919 g/mol. The van der Waals surface area contributed by atoms with E-state index in [4.69, 9.17) is 80.9 Å². The molecule has 17 heteroatoms. The van der Waals surface area contributed by atoms with E-state index < -0.39 is 0 Å². The summed E-state index contributed by atoms with van der Waals surface area (Å²) in [6, 6.07) is 0. The lowest BCUT2D eigenvalue weighted by molar-refractivity contribution is -0.0254. The topological polar surface area (TPSA) is 168 Å². The van der Waals surface area contributed by atoms with Crippen LogP contribution in [-0.2, 0) is 75.8 Å². The molecule has 0 aliphatic rings. The molecule has 0 spiro atoms. The molecule has 1 N–H and O–H groups in total. The fourth-order valence-corrected chi connectivity index (χ4v) is 5.45. The third-order valence-corrected chi connectivity index (χ3v) is 8.87. The van der Waals surface area contributed by atoms with Crippen LogP contribution in [0, 0.1) is 0 Å². The maximum atomic E-state index is 8.60. The molecule has 17 nitrogen and oxygen atoms in total. The van der Waals surface area contributed by atoms with Gasteiger partial charge in [-0.25, -0.2) is 0 Å². The van der Waals surface area contributed by atoms with Crippen LogP contribution in [0.3, 0.4) is 0 Å². The molecule has 0 heterocycles. The van der Waals surface area contributed by atoms with Crippen LogP contribution in [0.5, 0.6) is 0 Å². The molecular formula is C46H94O17. The summed E-state index contributed by atoms with van der Waals surface area (Å²) in [6.45, 7) is 19.8. The number of aliphatic hydroxyl groups is 1. The Morgan fingerprint density at radius 1 is 0.175 bits per heavy atom. The van der Waals surface area contributed by atoms with E-state index in [9.17, 15) is 0 Å². The number of ether oxygens (including phenoxy) is 16. The zero-order valence-corrected chi connectivity index (χ0v) is 39.8. The minimum absolute atomic E-state index is 0.0251. The van der Waals surface area contributed by atoms with E-state index in [0.29, 0.717) is 205 Å². The number of aliphatic hydroxyl groups excluding tert-OH is 1. The fraction of sp³-hybridized carbons (Fsp3) is 1.00. The van der Waals surface area contributed by atoms with Crippen LogP contribution in [0.15, 0.2) is 0 Å². The van der Waals surface area contributed by atoms with Gasteiger partial charge in [-0.15, -0.1) is 0 Å². The van der Waals surface area contributed by atoms with Crippen LogP contribution in [0.4, 0.5) is 0 Å². The molecule has 0 unspecified atom stereocenters. The van der Waals surface area contributed by atoms with Crippen molar-refractivity contribution in [2.75, 3.05) is 218 Å². The highest BCUT2D eigenvalue weighted by Gasteiger charge is 1.99. The van der Waals surface area contributed by atoms with Gasteiger partial charge in [0.05, 0.1) is 185 Å². The zero-order chi connectivity index (χ0) is 45.1. The smallest absolute Gasteiger partial charge is 0.0701 e. The van der Waals surface area contributed by atoms with Crippen LogP contribution >= 0.6 is 0 Å². The molecular weight excluding hydrogens is 824 g/mol. The maximum absolute atomic E-state index is 8.60.